The number of benzene rings is 1. The maximum Gasteiger partial charge on any atom is 0.101 e. The number of rotatable bonds is 5. The molecular weight excluding hydrogens is 264 g/mol. The van der Waals surface area contributed by atoms with Gasteiger partial charge in [0, 0.05) is 17.1 Å². The van der Waals surface area contributed by atoms with Crippen LogP contribution in [0.15, 0.2) is 40.3 Å². The molecule has 1 heterocycles. The molecule has 0 saturated heterocycles. The summed E-state index contributed by atoms with van der Waals surface area (Å²) in [6.45, 7) is 10.3. The van der Waals surface area contributed by atoms with Gasteiger partial charge in [0.1, 0.15) is 5.03 Å². The van der Waals surface area contributed by atoms with Crippen molar-refractivity contribution in [3.05, 3.63) is 52.7 Å². The Bertz CT molecular complexity index is 573. The topological polar surface area (TPSA) is 24.9 Å². The Kier molecular flexibility index (Phi) is 5.21. The van der Waals surface area contributed by atoms with E-state index in [1.54, 1.807) is 11.8 Å². The molecule has 20 heavy (non-hydrogen) atoms. The Balaban J connectivity index is 2.27. The molecule has 0 saturated carbocycles. The highest BCUT2D eigenvalue weighted by Crippen LogP contribution is 2.30. The molecule has 2 nitrogen and oxygen atoms in total. The minimum atomic E-state index is 0.908. The second-order valence-electron chi connectivity index (χ2n) is 5.12. The Morgan fingerprint density at radius 3 is 2.55 bits per heavy atom. The summed E-state index contributed by atoms with van der Waals surface area (Å²) in [6.07, 6.45) is 0. The van der Waals surface area contributed by atoms with Gasteiger partial charge >= 0.3 is 0 Å². The summed E-state index contributed by atoms with van der Waals surface area (Å²) < 4.78 is 0. The van der Waals surface area contributed by atoms with Crippen molar-refractivity contribution >= 4 is 11.8 Å². The zero-order chi connectivity index (χ0) is 14.5. The predicted molar refractivity (Wildman–Crippen MR) is 86.4 cm³/mol. The normalized spacial score (nSPS) is 10.8. The largest absolute Gasteiger partial charge is 0.313 e. The van der Waals surface area contributed by atoms with Gasteiger partial charge in [-0.2, -0.15) is 0 Å². The number of nitrogens with zero attached hydrogens (tertiary/aromatic N) is 1. The average Bonchev–Trinajstić information content (AvgIpc) is 2.38. The molecule has 0 spiro atoms. The first-order chi connectivity index (χ1) is 9.58. The third-order valence-corrected chi connectivity index (χ3v) is 4.11. The Morgan fingerprint density at radius 1 is 1.05 bits per heavy atom. The van der Waals surface area contributed by atoms with Crippen LogP contribution in [0.2, 0.25) is 0 Å². The average molecular weight is 286 g/mol. The van der Waals surface area contributed by atoms with Crippen molar-refractivity contribution in [3.63, 3.8) is 0 Å². The van der Waals surface area contributed by atoms with Crippen molar-refractivity contribution in [2.75, 3.05) is 6.54 Å². The van der Waals surface area contributed by atoms with Crippen LogP contribution in [0, 0.1) is 20.8 Å². The molecule has 1 aromatic carbocycles. The first-order valence-electron chi connectivity index (χ1n) is 7.02. The highest BCUT2D eigenvalue weighted by molar-refractivity contribution is 7.99. The van der Waals surface area contributed by atoms with Gasteiger partial charge in [0.25, 0.3) is 0 Å². The number of pyridine rings is 1. The zero-order valence-electron chi connectivity index (χ0n) is 12.7. The summed E-state index contributed by atoms with van der Waals surface area (Å²) in [4.78, 5) is 5.90. The summed E-state index contributed by atoms with van der Waals surface area (Å²) in [5.74, 6) is 0. The van der Waals surface area contributed by atoms with E-state index in [9.17, 15) is 0 Å². The van der Waals surface area contributed by atoms with Crippen molar-refractivity contribution in [2.24, 2.45) is 0 Å². The number of hydrogen-bond acceptors (Lipinski definition) is 3. The first kappa shape index (κ1) is 15.1. The molecule has 0 aliphatic carbocycles. The lowest BCUT2D eigenvalue weighted by molar-refractivity contribution is 0.717. The molecule has 0 aliphatic heterocycles. The summed E-state index contributed by atoms with van der Waals surface area (Å²) in [5, 5.41) is 4.48. The van der Waals surface area contributed by atoms with Crippen molar-refractivity contribution in [3.8, 4) is 0 Å². The smallest absolute Gasteiger partial charge is 0.101 e. The molecule has 0 fully saturated rings. The van der Waals surface area contributed by atoms with Crippen LogP contribution < -0.4 is 5.32 Å². The molecule has 0 atom stereocenters. The van der Waals surface area contributed by atoms with E-state index in [-0.39, 0.29) is 0 Å². The van der Waals surface area contributed by atoms with Crippen LogP contribution >= 0.6 is 11.8 Å². The van der Waals surface area contributed by atoms with Gasteiger partial charge in [-0.1, -0.05) is 36.4 Å². The summed E-state index contributed by atoms with van der Waals surface area (Å²) >= 11 is 1.75. The molecule has 0 bridgehead atoms. The van der Waals surface area contributed by atoms with E-state index in [4.69, 9.17) is 0 Å². The molecule has 2 aromatic rings. The third kappa shape index (κ3) is 4.09. The Labute approximate surface area is 126 Å². The molecule has 1 N–H and O–H groups in total. The Hall–Kier alpha value is -1.32. The second-order valence-corrected chi connectivity index (χ2v) is 6.18. The van der Waals surface area contributed by atoms with E-state index in [0.29, 0.717) is 0 Å². The first-order valence-corrected chi connectivity index (χ1v) is 7.83. The molecule has 2 rings (SSSR count). The van der Waals surface area contributed by atoms with Crippen molar-refractivity contribution in [1.82, 2.24) is 10.3 Å². The Morgan fingerprint density at radius 2 is 1.85 bits per heavy atom. The minimum Gasteiger partial charge on any atom is -0.313 e. The van der Waals surface area contributed by atoms with Crippen LogP contribution in [0.5, 0.6) is 0 Å². The van der Waals surface area contributed by atoms with Crippen molar-refractivity contribution in [2.45, 2.75) is 44.2 Å². The molecule has 0 amide bonds. The van der Waals surface area contributed by atoms with Gasteiger partial charge < -0.3 is 5.32 Å². The SMILES string of the molecule is CCNCc1cc(C)ccc1Sc1cc(C)cc(C)n1. The number of nitrogens with one attached hydrogen (secondary N) is 1. The van der Waals surface area contributed by atoms with Gasteiger partial charge in [-0.05, 0) is 56.6 Å². The third-order valence-electron chi connectivity index (χ3n) is 3.07. The molecule has 106 valence electrons. The van der Waals surface area contributed by atoms with Crippen molar-refractivity contribution < 1.29 is 0 Å². The van der Waals surface area contributed by atoms with Gasteiger partial charge in [-0.25, -0.2) is 4.98 Å². The lowest BCUT2D eigenvalue weighted by atomic mass is 10.1. The highest BCUT2D eigenvalue weighted by Gasteiger charge is 2.06. The molecule has 3 heteroatoms. The lowest BCUT2D eigenvalue weighted by Gasteiger charge is -2.11. The van der Waals surface area contributed by atoms with Gasteiger partial charge in [0.2, 0.25) is 0 Å². The monoisotopic (exact) mass is 286 g/mol. The maximum absolute atomic E-state index is 4.62. The molecule has 0 unspecified atom stereocenters. The fourth-order valence-electron chi connectivity index (χ4n) is 2.17. The van der Waals surface area contributed by atoms with Crippen LogP contribution in [-0.4, -0.2) is 11.5 Å². The van der Waals surface area contributed by atoms with Gasteiger partial charge in [-0.3, -0.25) is 0 Å². The van der Waals surface area contributed by atoms with E-state index in [2.05, 4.69) is 61.4 Å². The fourth-order valence-corrected chi connectivity index (χ4v) is 3.23. The van der Waals surface area contributed by atoms with Gasteiger partial charge in [0.15, 0.2) is 0 Å². The number of aryl methyl sites for hydroxylation is 3. The van der Waals surface area contributed by atoms with E-state index in [0.717, 1.165) is 23.8 Å². The molecule has 1 aromatic heterocycles. The highest BCUT2D eigenvalue weighted by atomic mass is 32.2. The van der Waals surface area contributed by atoms with Crippen molar-refractivity contribution in [1.29, 1.82) is 0 Å². The fraction of sp³-hybridized carbons (Fsp3) is 0.353. The molecule has 0 aliphatic rings. The van der Waals surface area contributed by atoms with Crippen LogP contribution in [0.1, 0.15) is 29.3 Å². The standard InChI is InChI=1S/C17H22N2S/c1-5-18-11-15-9-12(2)6-7-16(15)20-17-10-13(3)8-14(4)19-17/h6-10,18H,5,11H2,1-4H3. The van der Waals surface area contributed by atoms with Crippen LogP contribution in [0.3, 0.4) is 0 Å². The van der Waals surface area contributed by atoms with Gasteiger partial charge in [-0.15, -0.1) is 0 Å². The van der Waals surface area contributed by atoms with Crippen LogP contribution in [-0.2, 0) is 6.54 Å². The maximum atomic E-state index is 4.62. The lowest BCUT2D eigenvalue weighted by Crippen LogP contribution is -2.12. The molecule has 0 radical (unpaired) electrons. The number of aromatic nitrogens is 1. The summed E-state index contributed by atoms with van der Waals surface area (Å²) in [6, 6.07) is 10.9. The number of hydrogen-bond donors (Lipinski definition) is 1. The van der Waals surface area contributed by atoms with Crippen LogP contribution in [0.25, 0.3) is 0 Å². The van der Waals surface area contributed by atoms with Crippen LogP contribution in [0.4, 0.5) is 0 Å². The van der Waals surface area contributed by atoms with E-state index in [1.807, 2.05) is 6.92 Å². The summed E-state index contributed by atoms with van der Waals surface area (Å²) in [5.41, 5.74) is 4.99. The van der Waals surface area contributed by atoms with E-state index >= 15 is 0 Å². The molecular formula is C17H22N2S. The summed E-state index contributed by atoms with van der Waals surface area (Å²) in [7, 11) is 0. The second kappa shape index (κ2) is 6.91. The predicted octanol–water partition coefficient (Wildman–Crippen LogP) is 4.27. The van der Waals surface area contributed by atoms with E-state index < -0.39 is 0 Å². The quantitative estimate of drug-likeness (QED) is 0.888. The van der Waals surface area contributed by atoms with Gasteiger partial charge in [0.05, 0.1) is 0 Å². The minimum absolute atomic E-state index is 0.908. The zero-order valence-corrected chi connectivity index (χ0v) is 13.5. The van der Waals surface area contributed by atoms with E-state index in [1.165, 1.54) is 21.6 Å².